The first kappa shape index (κ1) is 13.9. The molecule has 1 nitrogen and oxygen atoms in total. The Kier molecular flexibility index (Phi) is 4.37. The van der Waals surface area contributed by atoms with E-state index in [0.717, 1.165) is 17.7 Å². The normalized spacial score (nSPS) is 17.6. The molecule has 1 aliphatic rings. The number of ether oxygens (including phenoxy) is 1. The fraction of sp³-hybridized carbons (Fsp3) is 0.625. The molecule has 2 heteroatoms. The van der Waals surface area contributed by atoms with E-state index in [1.807, 2.05) is 0 Å². The zero-order chi connectivity index (χ0) is 13.2. The number of hydrogen-bond acceptors (Lipinski definition) is 1. The van der Waals surface area contributed by atoms with E-state index in [2.05, 4.69) is 54.9 Å². The molecule has 0 radical (unpaired) electrons. The van der Waals surface area contributed by atoms with E-state index in [1.54, 1.807) is 0 Å². The molecule has 0 N–H and O–H groups in total. The fourth-order valence-corrected chi connectivity index (χ4v) is 3.34. The average molecular weight is 311 g/mol. The monoisotopic (exact) mass is 310 g/mol. The summed E-state index contributed by atoms with van der Waals surface area (Å²) >= 11 is 3.62. The first-order chi connectivity index (χ1) is 8.56. The average Bonchev–Trinajstić information content (AvgIpc) is 2.27. The molecule has 0 unspecified atom stereocenters. The van der Waals surface area contributed by atoms with Crippen LogP contribution in [0.5, 0.6) is 5.75 Å². The van der Waals surface area contributed by atoms with E-state index >= 15 is 0 Å². The molecule has 0 aromatic heterocycles. The van der Waals surface area contributed by atoms with Gasteiger partial charge in [-0.25, -0.2) is 0 Å². The minimum atomic E-state index is 0.393. The Morgan fingerprint density at radius 2 is 2.06 bits per heavy atom. The Bertz CT molecular complexity index is 402. The molecular formula is C16H23BrO. The lowest BCUT2D eigenvalue weighted by atomic mass is 9.71. The van der Waals surface area contributed by atoms with Crippen LogP contribution >= 0.6 is 15.9 Å². The van der Waals surface area contributed by atoms with Crippen molar-refractivity contribution in [1.82, 2.24) is 0 Å². The Hall–Kier alpha value is -0.500. The molecule has 1 aromatic carbocycles. The number of hydrogen-bond donors (Lipinski definition) is 0. The van der Waals surface area contributed by atoms with Gasteiger partial charge in [-0.15, -0.1) is 0 Å². The first-order valence-corrected chi connectivity index (χ1v) is 7.98. The quantitative estimate of drug-likeness (QED) is 0.690. The summed E-state index contributed by atoms with van der Waals surface area (Å²) < 4.78 is 5.99. The van der Waals surface area contributed by atoms with Gasteiger partial charge in [0.1, 0.15) is 5.75 Å². The van der Waals surface area contributed by atoms with Crippen molar-refractivity contribution in [3.05, 3.63) is 29.3 Å². The van der Waals surface area contributed by atoms with Gasteiger partial charge in [-0.2, -0.15) is 0 Å². The minimum absolute atomic E-state index is 0.393. The molecule has 0 spiro atoms. The molecule has 100 valence electrons. The van der Waals surface area contributed by atoms with Crippen LogP contribution in [-0.4, -0.2) is 11.9 Å². The molecule has 1 fully saturated rings. The van der Waals surface area contributed by atoms with Crippen LogP contribution in [0.4, 0.5) is 0 Å². The minimum Gasteiger partial charge on any atom is -0.493 e. The third kappa shape index (κ3) is 2.90. The van der Waals surface area contributed by atoms with Crippen molar-refractivity contribution in [3.63, 3.8) is 0 Å². The summed E-state index contributed by atoms with van der Waals surface area (Å²) in [6.45, 7) is 7.48. The fourth-order valence-electron chi connectivity index (χ4n) is 2.62. The third-order valence-electron chi connectivity index (χ3n) is 4.11. The van der Waals surface area contributed by atoms with E-state index in [1.165, 1.54) is 30.4 Å². The molecule has 0 saturated heterocycles. The zero-order valence-corrected chi connectivity index (χ0v) is 13.2. The van der Waals surface area contributed by atoms with Crippen LogP contribution in [0.2, 0.25) is 0 Å². The summed E-state index contributed by atoms with van der Waals surface area (Å²) in [7, 11) is 0. The lowest BCUT2D eigenvalue weighted by molar-refractivity contribution is 0.0838. The van der Waals surface area contributed by atoms with Gasteiger partial charge in [0.15, 0.2) is 0 Å². The van der Waals surface area contributed by atoms with Gasteiger partial charge in [0, 0.05) is 10.7 Å². The van der Waals surface area contributed by atoms with E-state index in [4.69, 9.17) is 4.74 Å². The van der Waals surface area contributed by atoms with Crippen molar-refractivity contribution in [2.24, 2.45) is 5.41 Å². The predicted molar refractivity (Wildman–Crippen MR) is 80.8 cm³/mol. The van der Waals surface area contributed by atoms with Crippen molar-refractivity contribution in [3.8, 4) is 5.75 Å². The largest absolute Gasteiger partial charge is 0.493 e. The van der Waals surface area contributed by atoms with E-state index < -0.39 is 0 Å². The SMILES string of the molecule is Cc1cc(OCC2(CBr)CCC2)ccc1C(C)C. The third-order valence-corrected chi connectivity index (χ3v) is 5.30. The standard InChI is InChI=1S/C16H23BrO/c1-12(2)15-6-5-14(9-13(15)3)18-11-16(10-17)7-4-8-16/h5-6,9,12H,4,7-8,10-11H2,1-3H3. The molecule has 0 atom stereocenters. The Balaban J connectivity index is 2.00. The van der Waals surface area contributed by atoms with Gasteiger partial charge in [0.25, 0.3) is 0 Å². The molecule has 0 heterocycles. The van der Waals surface area contributed by atoms with Crippen LogP contribution in [0.1, 0.15) is 50.2 Å². The predicted octanol–water partition coefficient (Wildman–Crippen LogP) is 5.06. The molecule has 0 bridgehead atoms. The highest BCUT2D eigenvalue weighted by Gasteiger charge is 2.36. The second-order valence-corrected chi connectivity index (χ2v) is 6.51. The molecular weight excluding hydrogens is 288 g/mol. The highest BCUT2D eigenvalue weighted by Crippen LogP contribution is 2.42. The second-order valence-electron chi connectivity index (χ2n) is 5.95. The number of halogens is 1. The topological polar surface area (TPSA) is 9.23 Å². The van der Waals surface area contributed by atoms with Crippen LogP contribution in [0, 0.1) is 12.3 Å². The van der Waals surface area contributed by atoms with Crippen LogP contribution < -0.4 is 4.74 Å². The smallest absolute Gasteiger partial charge is 0.119 e. The maximum absolute atomic E-state index is 5.99. The van der Waals surface area contributed by atoms with Gasteiger partial charge < -0.3 is 4.74 Å². The maximum atomic E-state index is 5.99. The summed E-state index contributed by atoms with van der Waals surface area (Å²) in [5.41, 5.74) is 3.15. The number of aryl methyl sites for hydroxylation is 1. The van der Waals surface area contributed by atoms with Crippen molar-refractivity contribution < 1.29 is 4.74 Å². The summed E-state index contributed by atoms with van der Waals surface area (Å²) in [6.07, 6.45) is 3.93. The molecule has 1 aliphatic carbocycles. The highest BCUT2D eigenvalue weighted by molar-refractivity contribution is 9.09. The van der Waals surface area contributed by atoms with Crippen LogP contribution in [0.3, 0.4) is 0 Å². The zero-order valence-electron chi connectivity index (χ0n) is 11.6. The van der Waals surface area contributed by atoms with Crippen molar-refractivity contribution in [2.45, 2.75) is 46.0 Å². The molecule has 1 saturated carbocycles. The van der Waals surface area contributed by atoms with Crippen molar-refractivity contribution in [2.75, 3.05) is 11.9 Å². The van der Waals surface area contributed by atoms with Crippen LogP contribution in [0.25, 0.3) is 0 Å². The van der Waals surface area contributed by atoms with Gasteiger partial charge in [0.05, 0.1) is 6.61 Å². The van der Waals surface area contributed by atoms with E-state index in [-0.39, 0.29) is 0 Å². The molecule has 1 aromatic rings. The summed E-state index contributed by atoms with van der Waals surface area (Å²) in [5.74, 6) is 1.60. The van der Waals surface area contributed by atoms with Gasteiger partial charge >= 0.3 is 0 Å². The summed E-state index contributed by atoms with van der Waals surface area (Å²) in [6, 6.07) is 6.50. The van der Waals surface area contributed by atoms with Crippen molar-refractivity contribution in [1.29, 1.82) is 0 Å². The lowest BCUT2D eigenvalue weighted by Gasteiger charge is -2.40. The van der Waals surface area contributed by atoms with Crippen LogP contribution in [-0.2, 0) is 0 Å². The van der Waals surface area contributed by atoms with Gasteiger partial charge in [-0.05, 0) is 48.9 Å². The molecule has 18 heavy (non-hydrogen) atoms. The molecule has 0 aliphatic heterocycles. The number of rotatable bonds is 5. The van der Waals surface area contributed by atoms with E-state index in [0.29, 0.717) is 11.3 Å². The highest BCUT2D eigenvalue weighted by atomic mass is 79.9. The summed E-state index contributed by atoms with van der Waals surface area (Å²) in [5, 5.41) is 1.06. The van der Waals surface area contributed by atoms with Gasteiger partial charge in [0.2, 0.25) is 0 Å². The maximum Gasteiger partial charge on any atom is 0.119 e. The van der Waals surface area contributed by atoms with Gasteiger partial charge in [-0.3, -0.25) is 0 Å². The molecule has 0 amide bonds. The van der Waals surface area contributed by atoms with Crippen molar-refractivity contribution >= 4 is 15.9 Å². The second kappa shape index (κ2) is 5.64. The van der Waals surface area contributed by atoms with Gasteiger partial charge in [-0.1, -0.05) is 42.3 Å². The lowest BCUT2D eigenvalue weighted by Crippen LogP contribution is -2.37. The van der Waals surface area contributed by atoms with E-state index in [9.17, 15) is 0 Å². The first-order valence-electron chi connectivity index (χ1n) is 6.86. The Labute approximate surface area is 119 Å². The summed E-state index contributed by atoms with van der Waals surface area (Å²) in [4.78, 5) is 0. The Morgan fingerprint density at radius 1 is 1.33 bits per heavy atom. The number of alkyl halides is 1. The number of benzene rings is 1. The molecule has 2 rings (SSSR count). The Morgan fingerprint density at radius 3 is 2.50 bits per heavy atom. The van der Waals surface area contributed by atoms with Crippen LogP contribution in [0.15, 0.2) is 18.2 Å².